The van der Waals surface area contributed by atoms with Crippen LogP contribution in [0, 0.1) is 13.8 Å². The smallest absolute Gasteiger partial charge is 0.257 e. The van der Waals surface area contributed by atoms with Crippen LogP contribution in [0.2, 0.25) is 0 Å². The van der Waals surface area contributed by atoms with Crippen LogP contribution in [-0.4, -0.2) is 50.3 Å². The van der Waals surface area contributed by atoms with Gasteiger partial charge in [-0.15, -0.1) is 28.1 Å². The van der Waals surface area contributed by atoms with Crippen molar-refractivity contribution in [1.29, 1.82) is 0 Å². The molecule has 1 aliphatic rings. The lowest BCUT2D eigenvalue weighted by Gasteiger charge is -2.27. The number of anilines is 1. The lowest BCUT2D eigenvalue weighted by Crippen LogP contribution is -2.36. The van der Waals surface area contributed by atoms with E-state index in [-0.39, 0.29) is 17.6 Å². The third-order valence-electron chi connectivity index (χ3n) is 5.84. The van der Waals surface area contributed by atoms with Crippen LogP contribution in [0.25, 0.3) is 10.4 Å². The first-order chi connectivity index (χ1) is 16.5. The zero-order valence-electron chi connectivity index (χ0n) is 19.5. The van der Waals surface area contributed by atoms with Gasteiger partial charge in [0.05, 0.1) is 11.3 Å². The zero-order chi connectivity index (χ0) is 24.1. The first-order valence-corrected chi connectivity index (χ1v) is 13.2. The van der Waals surface area contributed by atoms with Crippen LogP contribution in [0.15, 0.2) is 48.1 Å². The molecule has 0 bridgehead atoms. The summed E-state index contributed by atoms with van der Waals surface area (Å²) < 4.78 is 1.92. The summed E-state index contributed by atoms with van der Waals surface area (Å²) in [6.45, 7) is 9.72. The molecule has 0 radical (unpaired) electrons. The molecule has 0 aliphatic carbocycles. The van der Waals surface area contributed by atoms with Gasteiger partial charge in [0.2, 0.25) is 5.91 Å². The van der Waals surface area contributed by atoms with Gasteiger partial charge in [0, 0.05) is 24.5 Å². The maximum atomic E-state index is 13.5. The third kappa shape index (κ3) is 5.26. The van der Waals surface area contributed by atoms with Crippen LogP contribution in [0.4, 0.5) is 5.00 Å². The molecule has 0 unspecified atom stereocenters. The summed E-state index contributed by atoms with van der Waals surface area (Å²) in [6.07, 6.45) is 4.96. The number of aryl methyl sites for hydroxylation is 1. The van der Waals surface area contributed by atoms with E-state index in [2.05, 4.69) is 22.1 Å². The van der Waals surface area contributed by atoms with Crippen LogP contribution < -0.4 is 5.32 Å². The Labute approximate surface area is 208 Å². The van der Waals surface area contributed by atoms with E-state index in [0.717, 1.165) is 54.2 Å². The number of benzene rings is 1. The third-order valence-corrected chi connectivity index (χ3v) is 8.06. The summed E-state index contributed by atoms with van der Waals surface area (Å²) in [5, 5.41) is 12.6. The number of thioether (sulfide) groups is 1. The zero-order valence-corrected chi connectivity index (χ0v) is 21.2. The minimum atomic E-state index is -0.177. The molecule has 1 aliphatic heterocycles. The van der Waals surface area contributed by atoms with Crippen molar-refractivity contribution in [2.24, 2.45) is 0 Å². The number of carbonyl (C=O) groups excluding carboxylic acids is 2. The number of piperidine rings is 1. The number of hydrogen-bond donors (Lipinski definition) is 1. The quantitative estimate of drug-likeness (QED) is 0.345. The molecule has 9 heteroatoms. The van der Waals surface area contributed by atoms with E-state index < -0.39 is 0 Å². The molecule has 1 aromatic carbocycles. The van der Waals surface area contributed by atoms with E-state index in [0.29, 0.717) is 22.3 Å². The molecule has 0 saturated carbocycles. The lowest BCUT2D eigenvalue weighted by atomic mass is 10.0. The molecule has 1 saturated heterocycles. The van der Waals surface area contributed by atoms with Gasteiger partial charge in [0.1, 0.15) is 10.8 Å². The summed E-state index contributed by atoms with van der Waals surface area (Å²) in [5.41, 5.74) is 2.56. The Kier molecular flexibility index (Phi) is 7.84. The van der Waals surface area contributed by atoms with Crippen LogP contribution >= 0.6 is 23.1 Å². The largest absolute Gasteiger partial charge is 0.339 e. The predicted octanol–water partition coefficient (Wildman–Crippen LogP) is 5.17. The number of thiophene rings is 1. The highest BCUT2D eigenvalue weighted by Crippen LogP contribution is 2.41. The highest BCUT2D eigenvalue weighted by Gasteiger charge is 2.27. The first-order valence-electron chi connectivity index (χ1n) is 11.4. The van der Waals surface area contributed by atoms with Crippen LogP contribution in [-0.2, 0) is 11.3 Å². The lowest BCUT2D eigenvalue weighted by molar-refractivity contribution is -0.113. The maximum absolute atomic E-state index is 13.5. The van der Waals surface area contributed by atoms with Crippen molar-refractivity contribution in [3.63, 3.8) is 0 Å². The van der Waals surface area contributed by atoms with Crippen molar-refractivity contribution in [2.45, 2.75) is 44.8 Å². The molecule has 0 spiro atoms. The van der Waals surface area contributed by atoms with E-state index in [1.807, 2.05) is 53.6 Å². The van der Waals surface area contributed by atoms with Gasteiger partial charge in [-0.2, -0.15) is 0 Å². The first kappa shape index (κ1) is 24.2. The highest BCUT2D eigenvalue weighted by molar-refractivity contribution is 7.99. The molecule has 178 valence electrons. The summed E-state index contributed by atoms with van der Waals surface area (Å²) in [5.74, 6) is 0.771. The normalized spacial score (nSPS) is 13.6. The SMILES string of the molecule is C=CCn1c(C)nnc1SCC(=O)Nc1sc(-c2ccccc2)c(C)c1C(=O)N1CCCCC1. The molecule has 0 atom stereocenters. The fourth-order valence-corrected chi connectivity index (χ4v) is 6.09. The summed E-state index contributed by atoms with van der Waals surface area (Å²) >= 11 is 2.79. The van der Waals surface area contributed by atoms with Gasteiger partial charge in [0.25, 0.3) is 5.91 Å². The number of carbonyl (C=O) groups is 2. The molecular formula is C25H29N5O2S2. The Morgan fingerprint density at radius 1 is 1.15 bits per heavy atom. The summed E-state index contributed by atoms with van der Waals surface area (Å²) in [7, 11) is 0. The fourth-order valence-electron chi connectivity index (χ4n) is 4.08. The van der Waals surface area contributed by atoms with E-state index in [9.17, 15) is 9.59 Å². The Hall–Kier alpha value is -2.91. The number of nitrogens with zero attached hydrogens (tertiary/aromatic N) is 4. The van der Waals surface area contributed by atoms with Gasteiger partial charge >= 0.3 is 0 Å². The number of hydrogen-bond acceptors (Lipinski definition) is 6. The van der Waals surface area contributed by atoms with Crippen molar-refractivity contribution in [3.8, 4) is 10.4 Å². The molecule has 4 rings (SSSR count). The standard InChI is InChI=1S/C25H29N5O2S2/c1-4-13-30-18(3)27-28-25(30)33-16-20(31)26-23-21(24(32)29-14-9-6-10-15-29)17(2)22(34-23)19-11-7-5-8-12-19/h4-5,7-8,11-12H,1,6,9-10,13-16H2,2-3H3,(H,26,31). The Morgan fingerprint density at radius 3 is 2.59 bits per heavy atom. The second-order valence-corrected chi connectivity index (χ2v) is 10.2. The fraction of sp³-hybridized carbons (Fsp3) is 0.360. The van der Waals surface area contributed by atoms with Gasteiger partial charge in [-0.3, -0.25) is 9.59 Å². The van der Waals surface area contributed by atoms with Crippen molar-refractivity contribution in [3.05, 3.63) is 59.9 Å². The second kappa shape index (κ2) is 11.0. The molecule has 1 N–H and O–H groups in total. The van der Waals surface area contributed by atoms with Gasteiger partial charge in [0.15, 0.2) is 5.16 Å². The Morgan fingerprint density at radius 2 is 1.88 bits per heavy atom. The number of aromatic nitrogens is 3. The van der Waals surface area contributed by atoms with Crippen LogP contribution in [0.1, 0.15) is 41.0 Å². The average molecular weight is 496 g/mol. The predicted molar refractivity (Wildman–Crippen MR) is 139 cm³/mol. The van der Waals surface area contributed by atoms with Gasteiger partial charge in [-0.05, 0) is 44.2 Å². The van der Waals surface area contributed by atoms with E-state index in [1.165, 1.54) is 23.1 Å². The molecular weight excluding hydrogens is 466 g/mol. The number of nitrogens with one attached hydrogen (secondary N) is 1. The van der Waals surface area contributed by atoms with E-state index in [1.54, 1.807) is 6.08 Å². The molecule has 2 amide bonds. The van der Waals surface area contributed by atoms with Crippen LogP contribution in [0.5, 0.6) is 0 Å². The average Bonchev–Trinajstić information content (AvgIpc) is 3.37. The minimum absolute atomic E-state index is 0.0000602. The van der Waals surface area contributed by atoms with Gasteiger partial charge in [-0.1, -0.05) is 48.2 Å². The maximum Gasteiger partial charge on any atom is 0.257 e. The molecule has 2 aromatic heterocycles. The molecule has 34 heavy (non-hydrogen) atoms. The minimum Gasteiger partial charge on any atom is -0.339 e. The Balaban J connectivity index is 1.57. The molecule has 3 heterocycles. The second-order valence-electron chi connectivity index (χ2n) is 8.25. The number of amides is 2. The molecule has 7 nitrogen and oxygen atoms in total. The highest BCUT2D eigenvalue weighted by atomic mass is 32.2. The van der Waals surface area contributed by atoms with Gasteiger partial charge in [-0.25, -0.2) is 0 Å². The summed E-state index contributed by atoms with van der Waals surface area (Å²) in [6, 6.07) is 10.0. The van der Waals surface area contributed by atoms with Crippen LogP contribution in [0.3, 0.4) is 0 Å². The van der Waals surface area contributed by atoms with Gasteiger partial charge < -0.3 is 14.8 Å². The number of likely N-dealkylation sites (tertiary alicyclic amines) is 1. The van der Waals surface area contributed by atoms with Crippen molar-refractivity contribution >= 4 is 39.9 Å². The van der Waals surface area contributed by atoms with E-state index in [4.69, 9.17) is 0 Å². The molecule has 1 fully saturated rings. The van der Waals surface area contributed by atoms with Crippen molar-refractivity contribution in [2.75, 3.05) is 24.2 Å². The van der Waals surface area contributed by atoms with E-state index >= 15 is 0 Å². The number of rotatable bonds is 8. The number of allylic oxidation sites excluding steroid dienone is 1. The topological polar surface area (TPSA) is 80.1 Å². The molecule has 3 aromatic rings. The Bertz CT molecular complexity index is 1180. The van der Waals surface area contributed by atoms with Crippen molar-refractivity contribution < 1.29 is 9.59 Å². The van der Waals surface area contributed by atoms with Crippen molar-refractivity contribution in [1.82, 2.24) is 19.7 Å². The summed E-state index contributed by atoms with van der Waals surface area (Å²) in [4.78, 5) is 29.4. The monoisotopic (exact) mass is 495 g/mol.